The fraction of sp³-hybridized carbons (Fsp3) is 0. The fourth-order valence-corrected chi connectivity index (χ4v) is 1.91. The molecule has 0 atom stereocenters. The van der Waals surface area contributed by atoms with E-state index >= 15 is 0 Å². The Morgan fingerprint density at radius 2 is 2.07 bits per heavy atom. The van der Waals surface area contributed by atoms with E-state index in [1.807, 2.05) is 30.3 Å². The van der Waals surface area contributed by atoms with Gasteiger partial charge in [-0.2, -0.15) is 0 Å². The molecule has 0 fully saturated rings. The Balaban J connectivity index is 2.34. The van der Waals surface area contributed by atoms with Gasteiger partial charge in [0.05, 0.1) is 11.1 Å². The van der Waals surface area contributed by atoms with E-state index in [-0.39, 0.29) is 0 Å². The largest absolute Gasteiger partial charge is 0.411 e. The van der Waals surface area contributed by atoms with E-state index in [0.717, 1.165) is 15.4 Å². The van der Waals surface area contributed by atoms with Crippen molar-refractivity contribution >= 4 is 17.6 Å². The van der Waals surface area contributed by atoms with Gasteiger partial charge in [-0.15, -0.1) is 11.3 Å². The Bertz CT molecular complexity index is 436. The molecule has 0 amide bonds. The van der Waals surface area contributed by atoms with Crippen molar-refractivity contribution in [1.29, 1.82) is 0 Å². The summed E-state index contributed by atoms with van der Waals surface area (Å²) in [6.45, 7) is 0. The van der Waals surface area contributed by atoms with Crippen molar-refractivity contribution in [2.75, 3.05) is 0 Å². The van der Waals surface area contributed by atoms with Crippen LogP contribution in [0, 0.1) is 0 Å². The molecule has 0 radical (unpaired) electrons. The lowest BCUT2D eigenvalue weighted by molar-refractivity contribution is 0.322. The van der Waals surface area contributed by atoms with Gasteiger partial charge in [-0.1, -0.05) is 35.5 Å². The summed E-state index contributed by atoms with van der Waals surface area (Å²) >= 11 is 1.49. The molecule has 0 spiro atoms. The number of aromatic nitrogens is 1. The van der Waals surface area contributed by atoms with Crippen LogP contribution in [-0.4, -0.2) is 16.4 Å². The van der Waals surface area contributed by atoms with E-state index in [1.54, 1.807) is 6.20 Å². The van der Waals surface area contributed by atoms with Crippen molar-refractivity contribution in [1.82, 2.24) is 4.98 Å². The van der Waals surface area contributed by atoms with Crippen LogP contribution in [0.5, 0.6) is 0 Å². The van der Waals surface area contributed by atoms with E-state index in [2.05, 4.69) is 10.1 Å². The van der Waals surface area contributed by atoms with Crippen molar-refractivity contribution in [3.05, 3.63) is 41.4 Å². The normalized spacial score (nSPS) is 10.9. The van der Waals surface area contributed by atoms with Gasteiger partial charge >= 0.3 is 0 Å². The molecule has 0 saturated heterocycles. The Hall–Kier alpha value is -1.68. The third-order valence-corrected chi connectivity index (χ3v) is 2.71. The van der Waals surface area contributed by atoms with Crippen LogP contribution >= 0.6 is 11.3 Å². The summed E-state index contributed by atoms with van der Waals surface area (Å²) in [7, 11) is 0. The van der Waals surface area contributed by atoms with E-state index < -0.39 is 0 Å². The molecule has 1 aromatic heterocycles. The summed E-state index contributed by atoms with van der Waals surface area (Å²) in [5.74, 6) is 0. The number of hydrogen-bond acceptors (Lipinski definition) is 4. The zero-order chi connectivity index (χ0) is 9.80. The highest BCUT2D eigenvalue weighted by Gasteiger charge is 2.01. The molecule has 4 heteroatoms. The number of oxime groups is 1. The average Bonchev–Trinajstić information content (AvgIpc) is 2.68. The minimum absolute atomic E-state index is 0.839. The second-order valence-electron chi connectivity index (χ2n) is 2.68. The molecule has 0 aliphatic rings. The Labute approximate surface area is 85.4 Å². The quantitative estimate of drug-likeness (QED) is 0.464. The molecular weight excluding hydrogens is 196 g/mol. The monoisotopic (exact) mass is 204 g/mol. The molecule has 14 heavy (non-hydrogen) atoms. The summed E-state index contributed by atoms with van der Waals surface area (Å²) in [5.41, 5.74) is 1.08. The van der Waals surface area contributed by atoms with Gasteiger partial charge in [0, 0.05) is 11.8 Å². The molecule has 2 rings (SSSR count). The Morgan fingerprint density at radius 1 is 1.29 bits per heavy atom. The van der Waals surface area contributed by atoms with Gasteiger partial charge in [0.1, 0.15) is 5.01 Å². The van der Waals surface area contributed by atoms with Crippen LogP contribution < -0.4 is 0 Å². The third-order valence-electron chi connectivity index (χ3n) is 1.73. The zero-order valence-corrected chi connectivity index (χ0v) is 8.11. The van der Waals surface area contributed by atoms with Crippen molar-refractivity contribution in [3.8, 4) is 10.6 Å². The first-order valence-electron chi connectivity index (χ1n) is 4.09. The van der Waals surface area contributed by atoms with Gasteiger partial charge in [0.2, 0.25) is 0 Å². The highest BCUT2D eigenvalue weighted by atomic mass is 32.1. The van der Waals surface area contributed by atoms with Crippen LogP contribution in [0.4, 0.5) is 0 Å². The minimum atomic E-state index is 0.839. The van der Waals surface area contributed by atoms with Crippen molar-refractivity contribution < 1.29 is 5.21 Å². The Morgan fingerprint density at radius 3 is 2.79 bits per heavy atom. The molecule has 0 unspecified atom stereocenters. The molecule has 1 heterocycles. The standard InChI is InChI=1S/C10H8N2OS/c13-12-7-9-6-11-10(14-9)8-4-2-1-3-5-8/h1-7,13H/b12-7-. The summed E-state index contributed by atoms with van der Waals surface area (Å²) < 4.78 is 0. The molecule has 3 nitrogen and oxygen atoms in total. The maximum absolute atomic E-state index is 8.35. The van der Waals surface area contributed by atoms with Crippen LogP contribution in [0.2, 0.25) is 0 Å². The van der Waals surface area contributed by atoms with Gasteiger partial charge in [0.15, 0.2) is 0 Å². The van der Waals surface area contributed by atoms with Crippen LogP contribution in [0.15, 0.2) is 41.7 Å². The number of benzene rings is 1. The van der Waals surface area contributed by atoms with Crippen molar-refractivity contribution in [3.63, 3.8) is 0 Å². The molecule has 0 saturated carbocycles. The zero-order valence-electron chi connectivity index (χ0n) is 7.29. The number of nitrogens with zero attached hydrogens (tertiary/aromatic N) is 2. The maximum Gasteiger partial charge on any atom is 0.123 e. The van der Waals surface area contributed by atoms with Gasteiger partial charge in [-0.25, -0.2) is 4.98 Å². The first-order chi connectivity index (χ1) is 6.90. The summed E-state index contributed by atoms with van der Waals surface area (Å²) in [4.78, 5) is 5.06. The Kier molecular flexibility index (Phi) is 2.55. The molecule has 0 aliphatic heterocycles. The topological polar surface area (TPSA) is 45.5 Å². The van der Waals surface area contributed by atoms with Crippen molar-refractivity contribution in [2.24, 2.45) is 5.16 Å². The smallest absolute Gasteiger partial charge is 0.123 e. The molecule has 1 aromatic carbocycles. The molecule has 0 bridgehead atoms. The second-order valence-corrected chi connectivity index (χ2v) is 3.74. The maximum atomic E-state index is 8.35. The van der Waals surface area contributed by atoms with Crippen LogP contribution in [0.1, 0.15) is 4.88 Å². The number of thiazole rings is 1. The van der Waals surface area contributed by atoms with E-state index in [9.17, 15) is 0 Å². The minimum Gasteiger partial charge on any atom is -0.411 e. The number of hydrogen-bond donors (Lipinski definition) is 1. The number of rotatable bonds is 2. The van der Waals surface area contributed by atoms with Gasteiger partial charge < -0.3 is 5.21 Å². The summed E-state index contributed by atoms with van der Waals surface area (Å²) in [5, 5.41) is 12.2. The van der Waals surface area contributed by atoms with Gasteiger partial charge in [-0.05, 0) is 0 Å². The lowest BCUT2D eigenvalue weighted by atomic mass is 10.2. The molecular formula is C10H8N2OS. The van der Waals surface area contributed by atoms with Crippen LogP contribution in [0.25, 0.3) is 10.6 Å². The molecule has 0 aliphatic carbocycles. The summed E-state index contributed by atoms with van der Waals surface area (Å²) in [6, 6.07) is 9.90. The first kappa shape index (κ1) is 8.90. The predicted octanol–water partition coefficient (Wildman–Crippen LogP) is 2.62. The highest BCUT2D eigenvalue weighted by molar-refractivity contribution is 7.16. The van der Waals surface area contributed by atoms with Crippen LogP contribution in [-0.2, 0) is 0 Å². The van der Waals surface area contributed by atoms with Crippen molar-refractivity contribution in [2.45, 2.75) is 0 Å². The van der Waals surface area contributed by atoms with E-state index in [4.69, 9.17) is 5.21 Å². The third kappa shape index (κ3) is 1.80. The van der Waals surface area contributed by atoms with Gasteiger partial charge in [0.25, 0.3) is 0 Å². The molecule has 70 valence electrons. The lowest BCUT2D eigenvalue weighted by Crippen LogP contribution is -1.71. The first-order valence-corrected chi connectivity index (χ1v) is 4.90. The second kappa shape index (κ2) is 4.02. The van der Waals surface area contributed by atoms with Gasteiger partial charge in [-0.3, -0.25) is 0 Å². The fourth-order valence-electron chi connectivity index (χ4n) is 1.12. The lowest BCUT2D eigenvalue weighted by Gasteiger charge is -1.92. The molecule has 1 N–H and O–H groups in total. The van der Waals surface area contributed by atoms with E-state index in [1.165, 1.54) is 17.6 Å². The highest BCUT2D eigenvalue weighted by Crippen LogP contribution is 2.23. The summed E-state index contributed by atoms with van der Waals surface area (Å²) in [6.07, 6.45) is 3.07. The predicted molar refractivity (Wildman–Crippen MR) is 56.9 cm³/mol. The SMILES string of the molecule is O/N=C\c1cnc(-c2ccccc2)s1. The molecule has 2 aromatic rings. The van der Waals surface area contributed by atoms with Crippen LogP contribution in [0.3, 0.4) is 0 Å². The van der Waals surface area contributed by atoms with E-state index in [0.29, 0.717) is 0 Å². The average molecular weight is 204 g/mol.